The van der Waals surface area contributed by atoms with Crippen LogP contribution in [0.4, 0.5) is 0 Å². The van der Waals surface area contributed by atoms with Crippen LogP contribution >= 0.6 is 23.2 Å². The van der Waals surface area contributed by atoms with Crippen LogP contribution in [0.25, 0.3) is 0 Å². The van der Waals surface area contributed by atoms with Gasteiger partial charge in [-0.3, -0.25) is 4.79 Å². The second-order valence-corrected chi connectivity index (χ2v) is 5.79. The zero-order valence-corrected chi connectivity index (χ0v) is 13.3. The molecule has 2 rings (SSSR count). The van der Waals surface area contributed by atoms with Gasteiger partial charge in [0, 0.05) is 22.2 Å². The minimum atomic E-state index is -0.524. The normalized spacial score (nSPS) is 18.4. The Balaban J connectivity index is 2.24. The van der Waals surface area contributed by atoms with Crippen molar-refractivity contribution in [3.8, 4) is 0 Å². The highest BCUT2D eigenvalue weighted by Crippen LogP contribution is 2.24. The number of halogens is 2. The zero-order valence-electron chi connectivity index (χ0n) is 11.8. The SMILES string of the molecule is CCOC(=O)C1CCCCN1C(=O)c1cc(Cl)cc(Cl)c1. The molecule has 0 aliphatic carbocycles. The lowest BCUT2D eigenvalue weighted by molar-refractivity contribution is -0.149. The maximum Gasteiger partial charge on any atom is 0.328 e. The van der Waals surface area contributed by atoms with Crippen LogP contribution in [0.2, 0.25) is 10.0 Å². The number of ether oxygens (including phenoxy) is 1. The standard InChI is InChI=1S/C15H17Cl2NO3/c1-2-21-15(20)13-5-3-4-6-18(13)14(19)10-7-11(16)9-12(17)8-10/h7-9,13H,2-6H2,1H3. The van der Waals surface area contributed by atoms with E-state index >= 15 is 0 Å². The molecule has 1 saturated heterocycles. The topological polar surface area (TPSA) is 46.6 Å². The summed E-state index contributed by atoms with van der Waals surface area (Å²) < 4.78 is 5.06. The molecule has 114 valence electrons. The Morgan fingerprint density at radius 2 is 1.90 bits per heavy atom. The maximum atomic E-state index is 12.6. The molecule has 1 amide bonds. The second-order valence-electron chi connectivity index (χ2n) is 4.92. The first kappa shape index (κ1) is 16.1. The number of rotatable bonds is 3. The molecule has 0 aromatic heterocycles. The lowest BCUT2D eigenvalue weighted by Gasteiger charge is -2.34. The summed E-state index contributed by atoms with van der Waals surface area (Å²) in [7, 11) is 0. The van der Waals surface area contributed by atoms with Gasteiger partial charge in [0.15, 0.2) is 0 Å². The minimum absolute atomic E-state index is 0.239. The fourth-order valence-corrected chi connectivity index (χ4v) is 3.03. The molecule has 1 fully saturated rings. The van der Waals surface area contributed by atoms with Crippen molar-refractivity contribution in [2.45, 2.75) is 32.2 Å². The summed E-state index contributed by atoms with van der Waals surface area (Å²) in [6.45, 7) is 2.59. The monoisotopic (exact) mass is 329 g/mol. The molecule has 1 aliphatic heterocycles. The molecular weight excluding hydrogens is 313 g/mol. The largest absolute Gasteiger partial charge is 0.464 e. The number of amides is 1. The average Bonchev–Trinajstić information content (AvgIpc) is 2.45. The minimum Gasteiger partial charge on any atom is -0.464 e. The van der Waals surface area contributed by atoms with Gasteiger partial charge >= 0.3 is 5.97 Å². The molecule has 1 aromatic carbocycles. The number of carbonyl (C=O) groups is 2. The van der Waals surface area contributed by atoms with E-state index in [4.69, 9.17) is 27.9 Å². The van der Waals surface area contributed by atoms with Crippen molar-refractivity contribution in [2.24, 2.45) is 0 Å². The Morgan fingerprint density at radius 1 is 1.24 bits per heavy atom. The van der Waals surface area contributed by atoms with Crippen molar-refractivity contribution in [3.05, 3.63) is 33.8 Å². The van der Waals surface area contributed by atoms with E-state index in [2.05, 4.69) is 0 Å². The van der Waals surface area contributed by atoms with Gasteiger partial charge in [-0.1, -0.05) is 23.2 Å². The molecule has 1 heterocycles. The molecule has 0 radical (unpaired) electrons. The predicted molar refractivity (Wildman–Crippen MR) is 81.8 cm³/mol. The van der Waals surface area contributed by atoms with E-state index in [1.54, 1.807) is 30.0 Å². The maximum absolute atomic E-state index is 12.6. The third-order valence-electron chi connectivity index (χ3n) is 3.43. The summed E-state index contributed by atoms with van der Waals surface area (Å²) >= 11 is 11.9. The molecule has 0 N–H and O–H groups in total. The fourth-order valence-electron chi connectivity index (χ4n) is 2.50. The lowest BCUT2D eigenvalue weighted by atomic mass is 10.0. The number of benzene rings is 1. The van der Waals surface area contributed by atoms with E-state index in [0.29, 0.717) is 35.2 Å². The Morgan fingerprint density at radius 3 is 2.52 bits per heavy atom. The molecule has 21 heavy (non-hydrogen) atoms. The van der Waals surface area contributed by atoms with E-state index in [1.807, 2.05) is 0 Å². The molecule has 0 saturated carbocycles. The van der Waals surface area contributed by atoms with Gasteiger partial charge in [-0.15, -0.1) is 0 Å². The number of nitrogens with zero attached hydrogens (tertiary/aromatic N) is 1. The van der Waals surface area contributed by atoms with Crippen molar-refractivity contribution in [2.75, 3.05) is 13.2 Å². The molecule has 1 unspecified atom stereocenters. The number of likely N-dealkylation sites (tertiary alicyclic amines) is 1. The summed E-state index contributed by atoms with van der Waals surface area (Å²) in [5.74, 6) is -0.587. The van der Waals surface area contributed by atoms with E-state index in [9.17, 15) is 9.59 Å². The second kappa shape index (κ2) is 7.14. The Labute approximate surface area is 134 Å². The van der Waals surface area contributed by atoms with Crippen LogP contribution in [0.3, 0.4) is 0 Å². The zero-order chi connectivity index (χ0) is 15.4. The van der Waals surface area contributed by atoms with Gasteiger partial charge in [-0.05, 0) is 44.4 Å². The summed E-state index contributed by atoms with van der Waals surface area (Å²) in [6, 6.07) is 4.17. The third-order valence-corrected chi connectivity index (χ3v) is 3.87. The van der Waals surface area contributed by atoms with E-state index in [0.717, 1.165) is 12.8 Å². The fraction of sp³-hybridized carbons (Fsp3) is 0.467. The Hall–Kier alpha value is -1.26. The first-order valence-electron chi connectivity index (χ1n) is 6.96. The van der Waals surface area contributed by atoms with Gasteiger partial charge in [0.05, 0.1) is 6.61 Å². The Bertz CT molecular complexity index is 527. The van der Waals surface area contributed by atoms with Crippen LogP contribution in [0.5, 0.6) is 0 Å². The van der Waals surface area contributed by atoms with E-state index in [1.165, 1.54) is 0 Å². The van der Waals surface area contributed by atoms with Gasteiger partial charge in [-0.25, -0.2) is 4.79 Å². The predicted octanol–water partition coefficient (Wildman–Crippen LogP) is 3.55. The highest BCUT2D eigenvalue weighted by molar-refractivity contribution is 6.35. The molecular formula is C15H17Cl2NO3. The van der Waals surface area contributed by atoms with Gasteiger partial charge in [0.2, 0.25) is 0 Å². The molecule has 4 nitrogen and oxygen atoms in total. The number of hydrogen-bond donors (Lipinski definition) is 0. The summed E-state index contributed by atoms with van der Waals surface area (Å²) in [4.78, 5) is 26.2. The van der Waals surface area contributed by atoms with Crippen LogP contribution in [0.1, 0.15) is 36.5 Å². The average molecular weight is 330 g/mol. The highest BCUT2D eigenvalue weighted by Gasteiger charge is 2.33. The van der Waals surface area contributed by atoms with Crippen molar-refractivity contribution in [1.29, 1.82) is 0 Å². The molecule has 1 aromatic rings. The third kappa shape index (κ3) is 3.89. The van der Waals surface area contributed by atoms with Gasteiger partial charge in [0.25, 0.3) is 5.91 Å². The van der Waals surface area contributed by atoms with Crippen molar-refractivity contribution in [3.63, 3.8) is 0 Å². The number of carbonyl (C=O) groups excluding carboxylic acids is 2. The van der Waals surface area contributed by atoms with Crippen molar-refractivity contribution in [1.82, 2.24) is 4.90 Å². The quantitative estimate of drug-likeness (QED) is 0.796. The summed E-state index contributed by atoms with van der Waals surface area (Å²) in [5.41, 5.74) is 0.392. The van der Waals surface area contributed by atoms with Gasteiger partial charge in [0.1, 0.15) is 6.04 Å². The van der Waals surface area contributed by atoms with Crippen molar-refractivity contribution >= 4 is 35.1 Å². The van der Waals surface area contributed by atoms with Gasteiger partial charge in [-0.2, -0.15) is 0 Å². The molecule has 0 spiro atoms. The lowest BCUT2D eigenvalue weighted by Crippen LogP contribution is -2.48. The number of hydrogen-bond acceptors (Lipinski definition) is 3. The van der Waals surface area contributed by atoms with E-state index in [-0.39, 0.29) is 11.9 Å². The molecule has 1 atom stereocenters. The highest BCUT2D eigenvalue weighted by atomic mass is 35.5. The summed E-state index contributed by atoms with van der Waals surface area (Å²) in [5, 5.41) is 0.797. The molecule has 6 heteroatoms. The van der Waals surface area contributed by atoms with Crippen LogP contribution in [-0.2, 0) is 9.53 Å². The van der Waals surface area contributed by atoms with Crippen LogP contribution in [-0.4, -0.2) is 36.0 Å². The van der Waals surface area contributed by atoms with Crippen LogP contribution in [0.15, 0.2) is 18.2 Å². The van der Waals surface area contributed by atoms with Crippen LogP contribution < -0.4 is 0 Å². The smallest absolute Gasteiger partial charge is 0.328 e. The summed E-state index contributed by atoms with van der Waals surface area (Å²) in [6.07, 6.45) is 2.40. The Kier molecular flexibility index (Phi) is 5.48. The first-order chi connectivity index (χ1) is 10.0. The molecule has 1 aliphatic rings. The molecule has 0 bridgehead atoms. The number of esters is 1. The number of piperidine rings is 1. The van der Waals surface area contributed by atoms with Crippen molar-refractivity contribution < 1.29 is 14.3 Å². The first-order valence-corrected chi connectivity index (χ1v) is 7.72. The van der Waals surface area contributed by atoms with E-state index < -0.39 is 6.04 Å². The van der Waals surface area contributed by atoms with Gasteiger partial charge < -0.3 is 9.64 Å². The van der Waals surface area contributed by atoms with Crippen LogP contribution in [0, 0.1) is 0 Å².